The summed E-state index contributed by atoms with van der Waals surface area (Å²) in [4.78, 5) is 7.95. The Balaban J connectivity index is 1.96. The second kappa shape index (κ2) is 5.72. The van der Waals surface area contributed by atoms with Crippen LogP contribution in [0.5, 0.6) is 0 Å². The Hall–Kier alpha value is -2.10. The second-order valence-corrected chi connectivity index (χ2v) is 5.43. The molecule has 1 aromatic heterocycles. The number of benzene rings is 2. The van der Waals surface area contributed by atoms with E-state index in [0.717, 1.165) is 28.3 Å². The highest BCUT2D eigenvalue weighted by atomic mass is 35.5. The first-order valence-electron chi connectivity index (χ1n) is 6.78. The molecule has 3 rings (SSSR count). The van der Waals surface area contributed by atoms with Gasteiger partial charge in [0.1, 0.15) is 5.82 Å². The molecule has 0 amide bonds. The van der Waals surface area contributed by atoms with Crippen molar-refractivity contribution < 1.29 is 0 Å². The minimum atomic E-state index is -0.258. The maximum atomic E-state index is 6.29. The van der Waals surface area contributed by atoms with Crippen molar-refractivity contribution >= 4 is 11.6 Å². The molecule has 4 heteroatoms. The van der Waals surface area contributed by atoms with Crippen LogP contribution >= 0.6 is 11.6 Å². The normalized spacial score (nSPS) is 12.3. The van der Waals surface area contributed by atoms with E-state index in [4.69, 9.17) is 17.3 Å². The van der Waals surface area contributed by atoms with Crippen molar-refractivity contribution in [1.29, 1.82) is 0 Å². The molecule has 0 aliphatic carbocycles. The highest BCUT2D eigenvalue weighted by Gasteiger charge is 2.15. The summed E-state index contributed by atoms with van der Waals surface area (Å²) in [5, 5.41) is 0.716. The van der Waals surface area contributed by atoms with Gasteiger partial charge in [-0.3, -0.25) is 0 Å². The second-order valence-electron chi connectivity index (χ2n) is 4.99. The molecule has 2 aromatic carbocycles. The molecule has 0 spiro atoms. The molecule has 0 saturated carbocycles. The number of aromatic amines is 1. The fourth-order valence-corrected chi connectivity index (χ4v) is 2.46. The number of aryl methyl sites for hydroxylation is 1. The fourth-order valence-electron chi connectivity index (χ4n) is 2.34. The first kappa shape index (κ1) is 13.9. The number of nitrogens with one attached hydrogen (secondary N) is 1. The van der Waals surface area contributed by atoms with Crippen molar-refractivity contribution in [1.82, 2.24) is 9.97 Å². The van der Waals surface area contributed by atoms with E-state index in [0.29, 0.717) is 5.02 Å². The minimum Gasteiger partial charge on any atom is -0.344 e. The van der Waals surface area contributed by atoms with Crippen molar-refractivity contribution in [2.45, 2.75) is 13.0 Å². The summed E-state index contributed by atoms with van der Waals surface area (Å²) in [5.41, 5.74) is 10.3. The molecule has 21 heavy (non-hydrogen) atoms. The number of nitrogens with two attached hydrogens (primary N) is 1. The highest BCUT2D eigenvalue weighted by molar-refractivity contribution is 6.30. The molecule has 1 heterocycles. The van der Waals surface area contributed by atoms with E-state index >= 15 is 0 Å². The monoisotopic (exact) mass is 297 g/mol. The van der Waals surface area contributed by atoms with Crippen molar-refractivity contribution in [3.63, 3.8) is 0 Å². The molecule has 3 nitrogen and oxygen atoms in total. The third-order valence-corrected chi connectivity index (χ3v) is 3.73. The number of imidazole rings is 1. The molecule has 3 aromatic rings. The van der Waals surface area contributed by atoms with Gasteiger partial charge in [-0.2, -0.15) is 0 Å². The first-order valence-corrected chi connectivity index (χ1v) is 7.16. The van der Waals surface area contributed by atoms with Gasteiger partial charge >= 0.3 is 0 Å². The third-order valence-electron chi connectivity index (χ3n) is 3.47. The van der Waals surface area contributed by atoms with Crippen LogP contribution in [0.4, 0.5) is 0 Å². The Morgan fingerprint density at radius 2 is 1.71 bits per heavy atom. The van der Waals surface area contributed by atoms with E-state index in [1.807, 2.05) is 61.5 Å². The van der Waals surface area contributed by atoms with Crippen molar-refractivity contribution in [3.05, 3.63) is 76.7 Å². The summed E-state index contributed by atoms with van der Waals surface area (Å²) < 4.78 is 0. The molecule has 1 unspecified atom stereocenters. The molecule has 0 saturated heterocycles. The van der Waals surface area contributed by atoms with Crippen LogP contribution in [-0.2, 0) is 0 Å². The topological polar surface area (TPSA) is 54.7 Å². The average molecular weight is 298 g/mol. The predicted molar refractivity (Wildman–Crippen MR) is 86.2 cm³/mol. The van der Waals surface area contributed by atoms with Gasteiger partial charge in [0, 0.05) is 16.3 Å². The summed E-state index contributed by atoms with van der Waals surface area (Å²) in [6.45, 7) is 2.00. The predicted octanol–water partition coefficient (Wildman–Crippen LogP) is 4.09. The van der Waals surface area contributed by atoms with Gasteiger partial charge < -0.3 is 10.7 Å². The number of rotatable bonds is 3. The van der Waals surface area contributed by atoms with E-state index < -0.39 is 0 Å². The molecular weight excluding hydrogens is 282 g/mol. The quantitative estimate of drug-likeness (QED) is 0.765. The SMILES string of the molecule is Cc1[nH]c(C(N)c2ccccc2)nc1-c1ccc(Cl)cc1. The zero-order chi connectivity index (χ0) is 14.8. The minimum absolute atomic E-state index is 0.258. The van der Waals surface area contributed by atoms with Gasteiger partial charge in [-0.1, -0.05) is 54.1 Å². The Morgan fingerprint density at radius 3 is 2.38 bits per heavy atom. The van der Waals surface area contributed by atoms with Gasteiger partial charge in [0.25, 0.3) is 0 Å². The molecular formula is C17H16ClN3. The molecule has 0 radical (unpaired) electrons. The fraction of sp³-hybridized carbons (Fsp3) is 0.118. The zero-order valence-corrected chi connectivity index (χ0v) is 12.4. The van der Waals surface area contributed by atoms with Crippen LogP contribution in [-0.4, -0.2) is 9.97 Å². The van der Waals surface area contributed by atoms with E-state index in [2.05, 4.69) is 9.97 Å². The molecule has 106 valence electrons. The average Bonchev–Trinajstić information content (AvgIpc) is 2.90. The Labute approximate surface area is 128 Å². The van der Waals surface area contributed by atoms with Crippen LogP contribution in [0.15, 0.2) is 54.6 Å². The number of nitrogens with zero attached hydrogens (tertiary/aromatic N) is 1. The summed E-state index contributed by atoms with van der Waals surface area (Å²) in [7, 11) is 0. The van der Waals surface area contributed by atoms with Crippen molar-refractivity contribution in [3.8, 4) is 11.3 Å². The van der Waals surface area contributed by atoms with E-state index in [1.54, 1.807) is 0 Å². The summed E-state index contributed by atoms with van der Waals surface area (Å²) in [6, 6.07) is 17.3. The van der Waals surface area contributed by atoms with Gasteiger partial charge in [-0.25, -0.2) is 4.98 Å². The molecule has 0 bridgehead atoms. The third kappa shape index (κ3) is 2.84. The maximum absolute atomic E-state index is 6.29. The Kier molecular flexibility index (Phi) is 3.78. The van der Waals surface area contributed by atoms with Gasteiger partial charge in [0.15, 0.2) is 0 Å². The van der Waals surface area contributed by atoms with Crippen LogP contribution in [0.25, 0.3) is 11.3 Å². The van der Waals surface area contributed by atoms with Gasteiger partial charge in [-0.15, -0.1) is 0 Å². The first-order chi connectivity index (χ1) is 10.1. The van der Waals surface area contributed by atoms with Crippen LogP contribution in [0.2, 0.25) is 5.02 Å². The molecule has 1 atom stereocenters. The Bertz CT molecular complexity index is 732. The number of aromatic nitrogens is 2. The molecule has 0 fully saturated rings. The molecule has 0 aliphatic heterocycles. The van der Waals surface area contributed by atoms with Crippen LogP contribution in [0, 0.1) is 6.92 Å². The van der Waals surface area contributed by atoms with Crippen LogP contribution < -0.4 is 5.73 Å². The smallest absolute Gasteiger partial charge is 0.128 e. The van der Waals surface area contributed by atoms with E-state index in [1.165, 1.54) is 0 Å². The largest absolute Gasteiger partial charge is 0.344 e. The van der Waals surface area contributed by atoms with Crippen molar-refractivity contribution in [2.75, 3.05) is 0 Å². The lowest BCUT2D eigenvalue weighted by Gasteiger charge is -2.08. The summed E-state index contributed by atoms with van der Waals surface area (Å²) in [6.07, 6.45) is 0. The summed E-state index contributed by atoms with van der Waals surface area (Å²) in [5.74, 6) is 0.767. The lowest BCUT2D eigenvalue weighted by atomic mass is 10.1. The highest BCUT2D eigenvalue weighted by Crippen LogP contribution is 2.26. The van der Waals surface area contributed by atoms with Crippen LogP contribution in [0.3, 0.4) is 0 Å². The lowest BCUT2D eigenvalue weighted by molar-refractivity contribution is 0.799. The standard InChI is InChI=1S/C17H16ClN3/c1-11-16(13-7-9-14(18)10-8-13)21-17(20-11)15(19)12-5-3-2-4-6-12/h2-10,15H,19H2,1H3,(H,20,21). The van der Waals surface area contributed by atoms with Gasteiger partial charge in [-0.05, 0) is 24.6 Å². The number of halogens is 1. The number of hydrogen-bond acceptors (Lipinski definition) is 2. The van der Waals surface area contributed by atoms with Gasteiger partial charge in [0.05, 0.1) is 11.7 Å². The Morgan fingerprint density at radius 1 is 1.05 bits per heavy atom. The number of hydrogen-bond donors (Lipinski definition) is 2. The lowest BCUT2D eigenvalue weighted by Crippen LogP contribution is -2.13. The zero-order valence-electron chi connectivity index (χ0n) is 11.7. The summed E-state index contributed by atoms with van der Waals surface area (Å²) >= 11 is 5.93. The van der Waals surface area contributed by atoms with Gasteiger partial charge in [0.2, 0.25) is 0 Å². The van der Waals surface area contributed by atoms with Crippen LogP contribution in [0.1, 0.15) is 23.1 Å². The van der Waals surface area contributed by atoms with E-state index in [9.17, 15) is 0 Å². The van der Waals surface area contributed by atoms with Crippen molar-refractivity contribution in [2.24, 2.45) is 5.73 Å². The maximum Gasteiger partial charge on any atom is 0.128 e. The van der Waals surface area contributed by atoms with E-state index in [-0.39, 0.29) is 6.04 Å². The number of H-pyrrole nitrogens is 1. The molecule has 3 N–H and O–H groups in total. The molecule has 0 aliphatic rings.